The molecule has 0 spiro atoms. The average molecular weight is 204 g/mol. The van der Waals surface area contributed by atoms with Crippen molar-refractivity contribution >= 4 is 39.2 Å². The molecule has 0 nitrogen and oxygen atoms in total. The molecule has 0 rings (SSSR count). The first-order valence-corrected chi connectivity index (χ1v) is 7.88. The van der Waals surface area contributed by atoms with Crippen molar-refractivity contribution in [1.82, 2.24) is 0 Å². The molecule has 0 aliphatic heterocycles. The normalized spacial score (nSPS) is 14.1. The summed E-state index contributed by atoms with van der Waals surface area (Å²) in [5.41, 5.74) is 1.15. The largest absolute Gasteiger partial charge is 0.345 e. The third-order valence-electron chi connectivity index (χ3n) is 0.972. The molecule has 4 heteroatoms. The van der Waals surface area contributed by atoms with E-state index < -0.39 is 6.00 Å². The van der Waals surface area contributed by atoms with Gasteiger partial charge >= 0.3 is 6.00 Å². The molecule has 0 bridgehead atoms. The maximum atomic E-state index is 5.64. The standard InChI is InChI=1S/C5H9Cl3Si/c1-3-5(2)4-9(6,7)8/h3H,4H2,1-2H3/b5-3+. The number of hydrogen-bond donors (Lipinski definition) is 0. The summed E-state index contributed by atoms with van der Waals surface area (Å²) in [7, 11) is 0. The minimum Gasteiger partial charge on any atom is -0.126 e. The average Bonchev–Trinajstić information content (AvgIpc) is 1.62. The van der Waals surface area contributed by atoms with Gasteiger partial charge in [0, 0.05) is 6.04 Å². The molecule has 0 heterocycles. The van der Waals surface area contributed by atoms with Gasteiger partial charge in [0.15, 0.2) is 0 Å². The van der Waals surface area contributed by atoms with E-state index in [2.05, 4.69) is 0 Å². The van der Waals surface area contributed by atoms with Gasteiger partial charge < -0.3 is 0 Å². The topological polar surface area (TPSA) is 0 Å². The highest BCUT2D eigenvalue weighted by Crippen LogP contribution is 2.28. The van der Waals surface area contributed by atoms with Crippen LogP contribution in [0.2, 0.25) is 6.04 Å². The number of halogens is 3. The molecule has 0 aromatic carbocycles. The highest BCUT2D eigenvalue weighted by Gasteiger charge is 2.24. The van der Waals surface area contributed by atoms with E-state index in [9.17, 15) is 0 Å². The Morgan fingerprint density at radius 2 is 1.89 bits per heavy atom. The maximum Gasteiger partial charge on any atom is 0.345 e. The second-order valence-corrected chi connectivity index (χ2v) is 11.1. The van der Waals surface area contributed by atoms with E-state index in [0.717, 1.165) is 5.57 Å². The fourth-order valence-electron chi connectivity index (χ4n) is 0.418. The van der Waals surface area contributed by atoms with Crippen LogP contribution in [0.1, 0.15) is 13.8 Å². The van der Waals surface area contributed by atoms with Crippen molar-refractivity contribution in [2.75, 3.05) is 0 Å². The van der Waals surface area contributed by atoms with Crippen molar-refractivity contribution < 1.29 is 0 Å². The van der Waals surface area contributed by atoms with Crippen molar-refractivity contribution in [3.8, 4) is 0 Å². The summed E-state index contributed by atoms with van der Waals surface area (Å²) in [6.45, 7) is 3.91. The molecule has 0 radical (unpaired) electrons. The number of rotatable bonds is 2. The molecule has 0 aliphatic rings. The van der Waals surface area contributed by atoms with E-state index in [4.69, 9.17) is 33.2 Å². The summed E-state index contributed by atoms with van der Waals surface area (Å²) in [5, 5.41) is 0. The number of hydrogen-bond acceptors (Lipinski definition) is 0. The first kappa shape index (κ1) is 9.83. The molecular weight excluding hydrogens is 194 g/mol. The van der Waals surface area contributed by atoms with Crippen LogP contribution >= 0.6 is 33.2 Å². The highest BCUT2D eigenvalue weighted by atomic mass is 35.8. The summed E-state index contributed by atoms with van der Waals surface area (Å²) >= 11 is 16.9. The number of allylic oxidation sites excluding steroid dienone is 2. The lowest BCUT2D eigenvalue weighted by Crippen LogP contribution is -2.08. The molecule has 0 saturated heterocycles. The quantitative estimate of drug-likeness (QED) is 0.365. The second kappa shape index (κ2) is 3.87. The van der Waals surface area contributed by atoms with Crippen LogP contribution in [0.5, 0.6) is 0 Å². The zero-order chi connectivity index (χ0) is 7.49. The zero-order valence-corrected chi connectivity index (χ0v) is 8.69. The SMILES string of the molecule is C/C=C(\C)C[Si](Cl)(Cl)Cl. The Hall–Kier alpha value is 0.827. The Bertz CT molecular complexity index is 114. The van der Waals surface area contributed by atoms with E-state index in [-0.39, 0.29) is 0 Å². The monoisotopic (exact) mass is 202 g/mol. The maximum absolute atomic E-state index is 5.64. The van der Waals surface area contributed by atoms with Gasteiger partial charge in [-0.15, -0.1) is 33.2 Å². The smallest absolute Gasteiger partial charge is 0.126 e. The molecule has 54 valence electrons. The van der Waals surface area contributed by atoms with Crippen molar-refractivity contribution in [2.45, 2.75) is 19.9 Å². The Balaban J connectivity index is 3.75. The van der Waals surface area contributed by atoms with Gasteiger partial charge in [-0.3, -0.25) is 0 Å². The molecule has 0 amide bonds. The van der Waals surface area contributed by atoms with Gasteiger partial charge in [-0.05, 0) is 13.8 Å². The van der Waals surface area contributed by atoms with Gasteiger partial charge in [0.05, 0.1) is 0 Å². The fraction of sp³-hybridized carbons (Fsp3) is 0.600. The predicted octanol–water partition coefficient (Wildman–Crippen LogP) is 3.61. The molecule has 0 unspecified atom stereocenters. The summed E-state index contributed by atoms with van der Waals surface area (Å²) in [6.07, 6.45) is 1.97. The zero-order valence-electron chi connectivity index (χ0n) is 5.42. The van der Waals surface area contributed by atoms with Gasteiger partial charge in [0.25, 0.3) is 0 Å². The van der Waals surface area contributed by atoms with Crippen molar-refractivity contribution in [2.24, 2.45) is 0 Å². The lowest BCUT2D eigenvalue weighted by atomic mass is 10.3. The molecular formula is C5H9Cl3Si. The molecule has 0 atom stereocenters. The van der Waals surface area contributed by atoms with Gasteiger partial charge in [0.1, 0.15) is 0 Å². The van der Waals surface area contributed by atoms with Crippen molar-refractivity contribution in [3.05, 3.63) is 11.6 Å². The second-order valence-electron chi connectivity index (χ2n) is 1.93. The third-order valence-corrected chi connectivity index (χ3v) is 3.13. The van der Waals surface area contributed by atoms with Gasteiger partial charge in [0.2, 0.25) is 0 Å². The predicted molar refractivity (Wildman–Crippen MR) is 47.6 cm³/mol. The minimum absolute atomic E-state index is 0.647. The van der Waals surface area contributed by atoms with Crippen LogP contribution in [-0.2, 0) is 0 Å². The van der Waals surface area contributed by atoms with Crippen LogP contribution in [0.4, 0.5) is 0 Å². The highest BCUT2D eigenvalue weighted by molar-refractivity contribution is 7.64. The van der Waals surface area contributed by atoms with Crippen LogP contribution in [0.25, 0.3) is 0 Å². The van der Waals surface area contributed by atoms with Gasteiger partial charge in [-0.2, -0.15) is 0 Å². The van der Waals surface area contributed by atoms with Gasteiger partial charge in [-0.1, -0.05) is 11.6 Å². The summed E-state index contributed by atoms with van der Waals surface area (Å²) in [5.74, 6) is 0. The van der Waals surface area contributed by atoms with Crippen LogP contribution in [0.3, 0.4) is 0 Å². The van der Waals surface area contributed by atoms with E-state index >= 15 is 0 Å². The van der Waals surface area contributed by atoms with E-state index in [1.165, 1.54) is 0 Å². The Morgan fingerprint density at radius 1 is 1.44 bits per heavy atom. The molecule has 0 aromatic rings. The van der Waals surface area contributed by atoms with E-state index in [0.29, 0.717) is 6.04 Å². The summed E-state index contributed by atoms with van der Waals surface area (Å²) < 4.78 is 0. The van der Waals surface area contributed by atoms with E-state index in [1.54, 1.807) is 0 Å². The van der Waals surface area contributed by atoms with Crippen LogP contribution in [-0.4, -0.2) is 6.00 Å². The summed E-state index contributed by atoms with van der Waals surface area (Å²) in [6, 6.07) is -1.75. The Labute approximate surface area is 70.9 Å². The van der Waals surface area contributed by atoms with Crippen LogP contribution in [0.15, 0.2) is 11.6 Å². The molecule has 9 heavy (non-hydrogen) atoms. The van der Waals surface area contributed by atoms with Gasteiger partial charge in [-0.25, -0.2) is 0 Å². The van der Waals surface area contributed by atoms with Crippen molar-refractivity contribution in [3.63, 3.8) is 0 Å². The molecule has 0 N–H and O–H groups in total. The minimum atomic E-state index is -2.39. The van der Waals surface area contributed by atoms with Crippen LogP contribution in [0, 0.1) is 0 Å². The Kier molecular flexibility index (Phi) is 4.22. The lowest BCUT2D eigenvalue weighted by Gasteiger charge is -2.05. The summed E-state index contributed by atoms with van der Waals surface area (Å²) in [4.78, 5) is 0. The fourth-order valence-corrected chi connectivity index (χ4v) is 3.15. The first-order chi connectivity index (χ1) is 3.95. The van der Waals surface area contributed by atoms with E-state index in [1.807, 2.05) is 19.9 Å². The molecule has 0 aliphatic carbocycles. The van der Waals surface area contributed by atoms with Crippen LogP contribution < -0.4 is 0 Å². The molecule has 0 fully saturated rings. The first-order valence-electron chi connectivity index (χ1n) is 2.64. The van der Waals surface area contributed by atoms with Crippen molar-refractivity contribution in [1.29, 1.82) is 0 Å². The third kappa shape index (κ3) is 6.72. The molecule has 0 aromatic heterocycles. The lowest BCUT2D eigenvalue weighted by molar-refractivity contribution is 1.34. The molecule has 0 saturated carbocycles. The Morgan fingerprint density at radius 3 is 2.00 bits per heavy atom.